The average Bonchev–Trinajstić information content (AvgIpc) is 3.10. The molecule has 3 rings (SSSR count). The zero-order chi connectivity index (χ0) is 24.9. The summed E-state index contributed by atoms with van der Waals surface area (Å²) in [7, 11) is 3.02. The average molecular weight is 503 g/mol. The molecule has 0 fully saturated rings. The van der Waals surface area contributed by atoms with Gasteiger partial charge in [0.25, 0.3) is 0 Å². The maximum Gasteiger partial charge on any atom is 0.407 e. The maximum atomic E-state index is 12.7. The smallest absolute Gasteiger partial charge is 0.407 e. The Morgan fingerprint density at radius 2 is 1.56 bits per heavy atom. The molecule has 3 N–H and O–H groups in total. The first kappa shape index (κ1) is 26.0. The van der Waals surface area contributed by atoms with Gasteiger partial charge in [-0.25, -0.2) is 4.79 Å². The Kier molecular flexibility index (Phi) is 8.54. The Morgan fingerprint density at radius 3 is 2.09 bits per heavy atom. The molecule has 2 atom stereocenters. The first-order valence-corrected chi connectivity index (χ1v) is 13.3. The van der Waals surface area contributed by atoms with Crippen LogP contribution in [0.1, 0.15) is 44.7 Å². The van der Waals surface area contributed by atoms with Gasteiger partial charge in [0.15, 0.2) is 0 Å². The van der Waals surface area contributed by atoms with Gasteiger partial charge in [0.2, 0.25) is 5.91 Å². The number of carboxylic acids is 1. The van der Waals surface area contributed by atoms with Crippen LogP contribution < -0.4 is 10.6 Å². The van der Waals surface area contributed by atoms with Crippen molar-refractivity contribution in [2.24, 2.45) is 0 Å². The second-order valence-electron chi connectivity index (χ2n) is 9.07. The number of hydrogen-bond donors (Lipinski definition) is 3. The highest BCUT2D eigenvalue weighted by molar-refractivity contribution is 8.77. The molecule has 1 aliphatic rings. The number of nitrogens with one attached hydrogen (secondary N) is 2. The van der Waals surface area contributed by atoms with E-state index in [0.29, 0.717) is 0 Å². The van der Waals surface area contributed by atoms with E-state index in [0.717, 1.165) is 22.3 Å². The molecule has 2 aromatic carbocycles. The third-order valence-electron chi connectivity index (χ3n) is 5.23. The number of amides is 2. The van der Waals surface area contributed by atoms with Crippen molar-refractivity contribution < 1.29 is 24.2 Å². The van der Waals surface area contributed by atoms with Gasteiger partial charge < -0.3 is 20.5 Å². The second kappa shape index (κ2) is 11.2. The lowest BCUT2D eigenvalue weighted by atomic mass is 9.98. The lowest BCUT2D eigenvalue weighted by molar-refractivity contribution is -0.141. The number of rotatable bonds is 9. The molecule has 7 nitrogen and oxygen atoms in total. The van der Waals surface area contributed by atoms with E-state index in [-0.39, 0.29) is 23.0 Å². The summed E-state index contributed by atoms with van der Waals surface area (Å²) < 4.78 is 5.52. The zero-order valence-electron chi connectivity index (χ0n) is 19.7. The van der Waals surface area contributed by atoms with Crippen molar-refractivity contribution in [2.75, 3.05) is 12.4 Å². The number of carboxylic acid groups (broad SMARTS) is 1. The van der Waals surface area contributed by atoms with E-state index in [1.54, 1.807) is 10.8 Å². The summed E-state index contributed by atoms with van der Waals surface area (Å²) in [6.07, 6.45) is -0.716. The number of benzene rings is 2. The normalized spacial score (nSPS) is 14.5. The SMILES string of the molecule is C[C@H](NC(=O)[C@H](CSSC(C)(C)C)NC(=O)OCC1c2ccccc2-c2ccccc21)C(=O)O. The lowest BCUT2D eigenvalue weighted by Crippen LogP contribution is -2.52. The molecule has 0 spiro atoms. The molecule has 0 aliphatic heterocycles. The van der Waals surface area contributed by atoms with Crippen LogP contribution >= 0.6 is 21.6 Å². The Hall–Kier alpha value is -2.65. The third-order valence-corrected chi connectivity index (χ3v) is 8.57. The topological polar surface area (TPSA) is 105 Å². The first-order chi connectivity index (χ1) is 16.1. The standard InChI is InChI=1S/C25H30N2O5S2/c1-15(23(29)30)26-22(28)21(14-33-34-25(2,3)4)27-24(31)32-13-20-18-11-7-5-9-16(18)17-10-6-8-12-19(17)20/h5-12,15,20-21H,13-14H2,1-4H3,(H,26,28)(H,27,31)(H,29,30)/t15-,21-/m0/s1. The molecule has 0 unspecified atom stereocenters. The van der Waals surface area contributed by atoms with Crippen LogP contribution in [0.25, 0.3) is 11.1 Å². The molecular weight excluding hydrogens is 472 g/mol. The van der Waals surface area contributed by atoms with Gasteiger partial charge in [-0.1, -0.05) is 90.9 Å². The first-order valence-electron chi connectivity index (χ1n) is 11.0. The highest BCUT2D eigenvalue weighted by Gasteiger charge is 2.30. The number of hydrogen-bond acceptors (Lipinski definition) is 6. The van der Waals surface area contributed by atoms with Gasteiger partial charge in [-0.15, -0.1) is 0 Å². The van der Waals surface area contributed by atoms with Crippen molar-refractivity contribution in [3.05, 3.63) is 59.7 Å². The summed E-state index contributed by atoms with van der Waals surface area (Å²) in [5.74, 6) is -1.54. The van der Waals surface area contributed by atoms with Gasteiger partial charge in [-0.3, -0.25) is 9.59 Å². The van der Waals surface area contributed by atoms with Crippen molar-refractivity contribution in [3.8, 4) is 11.1 Å². The van der Waals surface area contributed by atoms with Crippen molar-refractivity contribution in [2.45, 2.75) is 50.4 Å². The molecule has 0 radical (unpaired) electrons. The van der Waals surface area contributed by atoms with Gasteiger partial charge in [-0.05, 0) is 29.2 Å². The van der Waals surface area contributed by atoms with E-state index in [9.17, 15) is 14.4 Å². The van der Waals surface area contributed by atoms with Gasteiger partial charge in [0.05, 0.1) is 0 Å². The third kappa shape index (κ3) is 6.70. The van der Waals surface area contributed by atoms with E-state index in [1.165, 1.54) is 17.7 Å². The largest absolute Gasteiger partial charge is 0.480 e. The van der Waals surface area contributed by atoms with Gasteiger partial charge in [-0.2, -0.15) is 0 Å². The molecule has 0 saturated heterocycles. The summed E-state index contributed by atoms with van der Waals surface area (Å²) >= 11 is 0. The van der Waals surface area contributed by atoms with Crippen LogP contribution in [0.3, 0.4) is 0 Å². The van der Waals surface area contributed by atoms with Crippen LogP contribution in [0.15, 0.2) is 48.5 Å². The molecule has 1 aliphatic carbocycles. The fourth-order valence-corrected chi connectivity index (χ4v) is 6.09. The van der Waals surface area contributed by atoms with Crippen LogP contribution in [-0.4, -0.2) is 52.3 Å². The van der Waals surface area contributed by atoms with E-state index < -0.39 is 30.1 Å². The Bertz CT molecular complexity index is 1010. The number of fused-ring (bicyclic) bond motifs is 3. The monoisotopic (exact) mass is 502 g/mol. The molecule has 2 amide bonds. The molecule has 182 valence electrons. The van der Waals surface area contributed by atoms with Crippen molar-refractivity contribution in [1.82, 2.24) is 10.6 Å². The van der Waals surface area contributed by atoms with Gasteiger partial charge in [0, 0.05) is 16.4 Å². The summed E-state index contributed by atoms with van der Waals surface area (Å²) in [6, 6.07) is 14.1. The summed E-state index contributed by atoms with van der Waals surface area (Å²) in [5, 5.41) is 14.2. The van der Waals surface area contributed by atoms with E-state index in [4.69, 9.17) is 9.84 Å². The predicted molar refractivity (Wildman–Crippen MR) is 137 cm³/mol. The quantitative estimate of drug-likeness (QED) is 0.428. The minimum absolute atomic E-state index is 0.0379. The number of aliphatic carboxylic acids is 1. The van der Waals surface area contributed by atoms with Crippen molar-refractivity contribution >= 4 is 39.6 Å². The number of carbonyl (C=O) groups excluding carboxylic acids is 2. The maximum absolute atomic E-state index is 12.7. The molecule has 0 aromatic heterocycles. The molecule has 0 saturated carbocycles. The van der Waals surface area contributed by atoms with E-state index >= 15 is 0 Å². The molecule has 0 heterocycles. The fourth-order valence-electron chi connectivity index (χ4n) is 3.62. The summed E-state index contributed by atoms with van der Waals surface area (Å²) in [4.78, 5) is 36.5. The van der Waals surface area contributed by atoms with Crippen LogP contribution in [0, 0.1) is 0 Å². The minimum Gasteiger partial charge on any atom is -0.480 e. The van der Waals surface area contributed by atoms with Crippen molar-refractivity contribution in [1.29, 1.82) is 0 Å². The zero-order valence-corrected chi connectivity index (χ0v) is 21.3. The molecule has 2 aromatic rings. The Balaban J connectivity index is 1.65. The molecular formula is C25H30N2O5S2. The highest BCUT2D eigenvalue weighted by Crippen LogP contribution is 2.44. The van der Waals surface area contributed by atoms with Crippen LogP contribution in [-0.2, 0) is 14.3 Å². The Morgan fingerprint density at radius 1 is 1.00 bits per heavy atom. The number of ether oxygens (including phenoxy) is 1. The summed E-state index contributed by atoms with van der Waals surface area (Å²) in [5.41, 5.74) is 4.45. The molecule has 34 heavy (non-hydrogen) atoms. The highest BCUT2D eigenvalue weighted by atomic mass is 33.1. The van der Waals surface area contributed by atoms with Crippen LogP contribution in [0.2, 0.25) is 0 Å². The predicted octanol–water partition coefficient (Wildman–Crippen LogP) is 4.66. The van der Waals surface area contributed by atoms with Gasteiger partial charge in [0.1, 0.15) is 18.7 Å². The summed E-state index contributed by atoms with van der Waals surface area (Å²) in [6.45, 7) is 7.65. The van der Waals surface area contributed by atoms with E-state index in [1.807, 2.05) is 57.2 Å². The number of carbonyl (C=O) groups is 3. The minimum atomic E-state index is -1.15. The fraction of sp³-hybridized carbons (Fsp3) is 0.400. The van der Waals surface area contributed by atoms with Crippen LogP contribution in [0.5, 0.6) is 0 Å². The van der Waals surface area contributed by atoms with Crippen LogP contribution in [0.4, 0.5) is 4.79 Å². The Labute approximate surface area is 207 Å². The number of alkyl carbamates (subject to hydrolysis) is 1. The molecule has 9 heteroatoms. The lowest BCUT2D eigenvalue weighted by Gasteiger charge is -2.22. The van der Waals surface area contributed by atoms with E-state index in [2.05, 4.69) is 22.8 Å². The van der Waals surface area contributed by atoms with Gasteiger partial charge >= 0.3 is 12.1 Å². The molecule has 0 bridgehead atoms. The second-order valence-corrected chi connectivity index (χ2v) is 12.2. The van der Waals surface area contributed by atoms with Crippen molar-refractivity contribution in [3.63, 3.8) is 0 Å².